The summed E-state index contributed by atoms with van der Waals surface area (Å²) in [5, 5.41) is -0.574. The summed E-state index contributed by atoms with van der Waals surface area (Å²) in [5.74, 6) is -0.202. The fourth-order valence-electron chi connectivity index (χ4n) is 3.77. The minimum absolute atomic E-state index is 0.202. The molecule has 6 nitrogen and oxygen atoms in total. The number of amides is 1. The first-order valence-corrected chi connectivity index (χ1v) is 10.4. The largest absolute Gasteiger partial charge is 0.336 e. The molecule has 3 heterocycles. The topological polar surface area (TPSA) is 70.6 Å². The smallest absolute Gasteiger partial charge is 0.272 e. The SMILES string of the molecule is O=C(c1ccccn1)N1CCC[C@H](S(=O)(=O)N2CCc3ccccc32)C1. The summed E-state index contributed by atoms with van der Waals surface area (Å²) in [6.07, 6.45) is 3.57. The minimum atomic E-state index is -3.50. The third-order valence-electron chi connectivity index (χ3n) is 5.12. The van der Waals surface area contributed by atoms with Gasteiger partial charge in [0.05, 0.1) is 10.9 Å². The number of anilines is 1. The van der Waals surface area contributed by atoms with Crippen molar-refractivity contribution in [3.05, 3.63) is 59.9 Å². The molecule has 2 aliphatic rings. The second kappa shape index (κ2) is 6.72. The highest BCUT2D eigenvalue weighted by molar-refractivity contribution is 7.93. The highest BCUT2D eigenvalue weighted by atomic mass is 32.2. The molecule has 4 rings (SSSR count). The van der Waals surface area contributed by atoms with Gasteiger partial charge in [0, 0.05) is 25.8 Å². The van der Waals surface area contributed by atoms with Crippen LogP contribution >= 0.6 is 0 Å². The number of para-hydroxylation sites is 1. The van der Waals surface area contributed by atoms with E-state index in [2.05, 4.69) is 4.98 Å². The number of carbonyl (C=O) groups is 1. The van der Waals surface area contributed by atoms with E-state index in [0.29, 0.717) is 31.6 Å². The number of sulfonamides is 1. The van der Waals surface area contributed by atoms with Crippen LogP contribution in [0.2, 0.25) is 0 Å². The van der Waals surface area contributed by atoms with Gasteiger partial charge in [-0.1, -0.05) is 24.3 Å². The summed E-state index contributed by atoms with van der Waals surface area (Å²) in [4.78, 5) is 18.4. The standard InChI is InChI=1S/C19H21N3O3S/c23-19(17-8-3-4-11-20-17)21-12-5-7-16(14-21)26(24,25)22-13-10-15-6-1-2-9-18(15)22/h1-4,6,8-9,11,16H,5,7,10,12-14H2/t16-/m0/s1. The Hall–Kier alpha value is -2.41. The molecule has 0 unspecified atom stereocenters. The number of hydrogen-bond donors (Lipinski definition) is 0. The summed E-state index contributed by atoms with van der Waals surface area (Å²) in [5.41, 5.74) is 2.20. The van der Waals surface area contributed by atoms with E-state index in [-0.39, 0.29) is 12.5 Å². The lowest BCUT2D eigenvalue weighted by molar-refractivity contribution is 0.0721. The first-order valence-electron chi connectivity index (χ1n) is 8.87. The van der Waals surface area contributed by atoms with E-state index in [1.54, 1.807) is 29.3 Å². The van der Waals surface area contributed by atoms with E-state index >= 15 is 0 Å². The van der Waals surface area contributed by atoms with Gasteiger partial charge in [0.1, 0.15) is 5.69 Å². The number of nitrogens with zero attached hydrogens (tertiary/aromatic N) is 3. The molecule has 0 N–H and O–H groups in total. The number of rotatable bonds is 3. The second-order valence-corrected chi connectivity index (χ2v) is 8.86. The van der Waals surface area contributed by atoms with Crippen LogP contribution < -0.4 is 4.31 Å². The lowest BCUT2D eigenvalue weighted by Crippen LogP contribution is -2.49. The summed E-state index contributed by atoms with van der Waals surface area (Å²) in [6, 6.07) is 12.8. The summed E-state index contributed by atoms with van der Waals surface area (Å²) in [7, 11) is -3.50. The van der Waals surface area contributed by atoms with Gasteiger partial charge < -0.3 is 4.90 Å². The molecule has 0 radical (unpaired) electrons. The lowest BCUT2D eigenvalue weighted by atomic mass is 10.1. The highest BCUT2D eigenvalue weighted by Crippen LogP contribution is 2.33. The van der Waals surface area contributed by atoms with Crippen molar-refractivity contribution in [2.45, 2.75) is 24.5 Å². The predicted octanol–water partition coefficient (Wildman–Crippen LogP) is 2.08. The molecule has 0 saturated carbocycles. The number of piperidine rings is 1. The van der Waals surface area contributed by atoms with E-state index in [4.69, 9.17) is 0 Å². The number of likely N-dealkylation sites (tertiary alicyclic amines) is 1. The Bertz CT molecular complexity index is 915. The van der Waals surface area contributed by atoms with Crippen molar-refractivity contribution >= 4 is 21.6 Å². The van der Waals surface area contributed by atoms with Gasteiger partial charge in [0.2, 0.25) is 10.0 Å². The van der Waals surface area contributed by atoms with Gasteiger partial charge in [-0.05, 0) is 43.0 Å². The zero-order valence-corrected chi connectivity index (χ0v) is 15.2. The molecule has 1 aromatic heterocycles. The van der Waals surface area contributed by atoms with Crippen LogP contribution in [0.3, 0.4) is 0 Å². The zero-order valence-electron chi connectivity index (χ0n) is 14.4. The summed E-state index contributed by atoms with van der Waals surface area (Å²) in [6.45, 7) is 1.26. The van der Waals surface area contributed by atoms with Gasteiger partial charge in [-0.2, -0.15) is 0 Å². The summed E-state index contributed by atoms with van der Waals surface area (Å²) >= 11 is 0. The van der Waals surface area contributed by atoms with E-state index in [0.717, 1.165) is 17.7 Å². The third-order valence-corrected chi connectivity index (χ3v) is 7.34. The molecule has 1 fully saturated rings. The average molecular weight is 371 g/mol. The Balaban J connectivity index is 1.55. The van der Waals surface area contributed by atoms with Gasteiger partial charge in [0.15, 0.2) is 0 Å². The van der Waals surface area contributed by atoms with Crippen molar-refractivity contribution < 1.29 is 13.2 Å². The van der Waals surface area contributed by atoms with Gasteiger partial charge in [0.25, 0.3) is 5.91 Å². The molecule has 26 heavy (non-hydrogen) atoms. The van der Waals surface area contributed by atoms with Crippen molar-refractivity contribution in [2.24, 2.45) is 0 Å². The number of pyridine rings is 1. The first kappa shape index (κ1) is 17.0. The third kappa shape index (κ3) is 2.96. The van der Waals surface area contributed by atoms with Crippen LogP contribution in [-0.4, -0.2) is 49.1 Å². The Morgan fingerprint density at radius 1 is 1.08 bits per heavy atom. The Kier molecular flexibility index (Phi) is 4.40. The van der Waals surface area contributed by atoms with Crippen molar-refractivity contribution in [3.63, 3.8) is 0 Å². The summed E-state index contributed by atoms with van der Waals surface area (Å²) < 4.78 is 28.0. The van der Waals surface area contributed by atoms with E-state index in [1.165, 1.54) is 4.31 Å². The normalized spacial score (nSPS) is 20.1. The van der Waals surface area contributed by atoms with Gasteiger partial charge >= 0.3 is 0 Å². The van der Waals surface area contributed by atoms with Gasteiger partial charge in [-0.15, -0.1) is 0 Å². The molecule has 1 amide bonds. The van der Waals surface area contributed by atoms with Crippen molar-refractivity contribution in [2.75, 3.05) is 23.9 Å². The Labute approximate surface area is 153 Å². The monoisotopic (exact) mass is 371 g/mol. The van der Waals surface area contributed by atoms with Crippen LogP contribution in [0, 0.1) is 0 Å². The second-order valence-electron chi connectivity index (χ2n) is 6.73. The Morgan fingerprint density at radius 2 is 1.88 bits per heavy atom. The predicted molar refractivity (Wildman–Crippen MR) is 99.6 cm³/mol. The number of carbonyl (C=O) groups excluding carboxylic acids is 1. The molecule has 1 saturated heterocycles. The Morgan fingerprint density at radius 3 is 2.69 bits per heavy atom. The maximum Gasteiger partial charge on any atom is 0.272 e. The lowest BCUT2D eigenvalue weighted by Gasteiger charge is -2.34. The molecular formula is C19H21N3O3S. The molecule has 1 atom stereocenters. The molecular weight excluding hydrogens is 350 g/mol. The quantitative estimate of drug-likeness (QED) is 0.828. The number of aromatic nitrogens is 1. The molecule has 0 spiro atoms. The van der Waals surface area contributed by atoms with Gasteiger partial charge in [-0.25, -0.2) is 8.42 Å². The first-order chi connectivity index (χ1) is 12.6. The maximum absolute atomic E-state index is 13.2. The zero-order chi connectivity index (χ0) is 18.1. The number of fused-ring (bicyclic) bond motifs is 1. The van der Waals surface area contributed by atoms with E-state index in [1.807, 2.05) is 24.3 Å². The van der Waals surface area contributed by atoms with Crippen LogP contribution in [0.5, 0.6) is 0 Å². The number of benzene rings is 1. The fourth-order valence-corrected chi connectivity index (χ4v) is 5.76. The molecule has 0 aliphatic carbocycles. The van der Waals surface area contributed by atoms with Crippen LogP contribution in [0.4, 0.5) is 5.69 Å². The van der Waals surface area contributed by atoms with Crippen LogP contribution in [-0.2, 0) is 16.4 Å². The van der Waals surface area contributed by atoms with Crippen LogP contribution in [0.1, 0.15) is 28.9 Å². The molecule has 0 bridgehead atoms. The van der Waals surface area contributed by atoms with Crippen molar-refractivity contribution in [3.8, 4) is 0 Å². The van der Waals surface area contributed by atoms with Crippen LogP contribution in [0.25, 0.3) is 0 Å². The number of hydrogen-bond acceptors (Lipinski definition) is 4. The maximum atomic E-state index is 13.2. The fraction of sp³-hybridized carbons (Fsp3) is 0.368. The molecule has 2 aromatic rings. The average Bonchev–Trinajstić information content (AvgIpc) is 3.13. The minimum Gasteiger partial charge on any atom is -0.336 e. The van der Waals surface area contributed by atoms with Crippen molar-refractivity contribution in [1.29, 1.82) is 0 Å². The van der Waals surface area contributed by atoms with Gasteiger partial charge in [-0.3, -0.25) is 14.1 Å². The molecule has 1 aromatic carbocycles. The van der Waals surface area contributed by atoms with Crippen molar-refractivity contribution in [1.82, 2.24) is 9.88 Å². The highest BCUT2D eigenvalue weighted by Gasteiger charge is 2.39. The van der Waals surface area contributed by atoms with Crippen LogP contribution in [0.15, 0.2) is 48.7 Å². The van der Waals surface area contributed by atoms with E-state index in [9.17, 15) is 13.2 Å². The molecule has 136 valence electrons. The molecule has 2 aliphatic heterocycles. The van der Waals surface area contributed by atoms with E-state index < -0.39 is 15.3 Å². The molecule has 7 heteroatoms.